The Hall–Kier alpha value is -1.39. The largest absolute Gasteiger partial charge is 0.497 e. The van der Waals surface area contributed by atoms with Crippen LogP contribution in [0.25, 0.3) is 0 Å². The molecule has 0 bridgehead atoms. The van der Waals surface area contributed by atoms with Crippen molar-refractivity contribution < 1.29 is 9.47 Å². The first kappa shape index (κ1) is 15.0. The Morgan fingerprint density at radius 3 is 2.55 bits per heavy atom. The molecule has 0 radical (unpaired) electrons. The zero-order chi connectivity index (χ0) is 14.5. The Labute approximate surface area is 132 Å². The topological polar surface area (TPSA) is 30.5 Å². The van der Waals surface area contributed by atoms with Gasteiger partial charge in [0.15, 0.2) is 0 Å². The van der Waals surface area contributed by atoms with Crippen molar-refractivity contribution in [2.45, 2.75) is 6.54 Å². The smallest absolute Gasteiger partial charge is 0.127 e. The summed E-state index contributed by atoms with van der Waals surface area (Å²) in [6, 6.07) is 11.5. The molecule has 1 N–H and O–H groups in total. The number of benzene rings is 2. The maximum absolute atomic E-state index is 6.07. The Morgan fingerprint density at radius 1 is 1.10 bits per heavy atom. The molecule has 2 rings (SSSR count). The summed E-state index contributed by atoms with van der Waals surface area (Å²) >= 11 is 9.44. The molecule has 0 unspecified atom stereocenters. The number of halogens is 2. The summed E-state index contributed by atoms with van der Waals surface area (Å²) in [4.78, 5) is 0. The van der Waals surface area contributed by atoms with E-state index in [-0.39, 0.29) is 0 Å². The van der Waals surface area contributed by atoms with Gasteiger partial charge in [-0.25, -0.2) is 0 Å². The van der Waals surface area contributed by atoms with Gasteiger partial charge in [0.1, 0.15) is 11.5 Å². The molecule has 0 heterocycles. The highest BCUT2D eigenvalue weighted by Gasteiger charge is 2.05. The van der Waals surface area contributed by atoms with Crippen LogP contribution in [0.3, 0.4) is 0 Å². The molecule has 2 aromatic rings. The van der Waals surface area contributed by atoms with Crippen LogP contribution >= 0.6 is 27.5 Å². The predicted octanol–water partition coefficient (Wildman–Crippen LogP) is 4.73. The van der Waals surface area contributed by atoms with Gasteiger partial charge in [-0.05, 0) is 46.3 Å². The van der Waals surface area contributed by atoms with Crippen molar-refractivity contribution in [2.75, 3.05) is 19.5 Å². The number of ether oxygens (including phenoxy) is 2. The number of hydrogen-bond acceptors (Lipinski definition) is 3. The third-order valence-electron chi connectivity index (χ3n) is 2.90. The lowest BCUT2D eigenvalue weighted by Crippen LogP contribution is -2.02. The van der Waals surface area contributed by atoms with Crippen LogP contribution in [0, 0.1) is 0 Å². The molecule has 0 aliphatic heterocycles. The maximum Gasteiger partial charge on any atom is 0.127 e. The summed E-state index contributed by atoms with van der Waals surface area (Å²) in [5.74, 6) is 1.57. The van der Waals surface area contributed by atoms with Crippen LogP contribution in [0.5, 0.6) is 11.5 Å². The second kappa shape index (κ2) is 6.86. The van der Waals surface area contributed by atoms with Gasteiger partial charge < -0.3 is 14.8 Å². The summed E-state index contributed by atoms with van der Waals surface area (Å²) in [6.45, 7) is 0.644. The van der Waals surface area contributed by atoms with Crippen molar-refractivity contribution in [3.8, 4) is 11.5 Å². The third-order valence-corrected chi connectivity index (χ3v) is 4.13. The van der Waals surface area contributed by atoms with E-state index in [9.17, 15) is 0 Å². The molecule has 0 atom stereocenters. The molecular formula is C15H15BrClNO2. The van der Waals surface area contributed by atoms with Crippen molar-refractivity contribution >= 4 is 33.2 Å². The minimum atomic E-state index is 0.644. The molecule has 3 nitrogen and oxygen atoms in total. The molecule has 0 aromatic heterocycles. The molecule has 5 heteroatoms. The first-order valence-electron chi connectivity index (χ1n) is 6.04. The molecule has 0 amide bonds. The standard InChI is InChI=1S/C15H15BrClNO2/c1-19-12-5-3-10(15(8-12)20-2)9-18-11-4-6-13(16)14(17)7-11/h3-8,18H,9H2,1-2H3. The molecule has 2 aromatic carbocycles. The zero-order valence-corrected chi connectivity index (χ0v) is 13.6. The van der Waals surface area contributed by atoms with Crippen molar-refractivity contribution in [2.24, 2.45) is 0 Å². The van der Waals surface area contributed by atoms with Crippen molar-refractivity contribution in [1.29, 1.82) is 0 Å². The average molecular weight is 357 g/mol. The van der Waals surface area contributed by atoms with E-state index >= 15 is 0 Å². The Kier molecular flexibility index (Phi) is 5.15. The van der Waals surface area contributed by atoms with Crippen LogP contribution in [-0.2, 0) is 6.54 Å². The zero-order valence-electron chi connectivity index (χ0n) is 11.2. The van der Waals surface area contributed by atoms with Gasteiger partial charge >= 0.3 is 0 Å². The van der Waals surface area contributed by atoms with Gasteiger partial charge in [-0.15, -0.1) is 0 Å². The first-order valence-corrected chi connectivity index (χ1v) is 7.21. The van der Waals surface area contributed by atoms with Gasteiger partial charge in [0, 0.05) is 28.3 Å². The van der Waals surface area contributed by atoms with E-state index in [2.05, 4.69) is 21.2 Å². The quantitative estimate of drug-likeness (QED) is 0.840. The maximum atomic E-state index is 6.07. The van der Waals surface area contributed by atoms with E-state index < -0.39 is 0 Å². The predicted molar refractivity (Wildman–Crippen MR) is 86.0 cm³/mol. The van der Waals surface area contributed by atoms with Gasteiger partial charge in [-0.2, -0.15) is 0 Å². The number of rotatable bonds is 5. The first-order chi connectivity index (χ1) is 9.63. The fourth-order valence-corrected chi connectivity index (χ4v) is 2.23. The molecule has 0 aliphatic rings. The van der Waals surface area contributed by atoms with Crippen molar-refractivity contribution in [3.63, 3.8) is 0 Å². The van der Waals surface area contributed by atoms with Gasteiger partial charge in [0.2, 0.25) is 0 Å². The van der Waals surface area contributed by atoms with Crippen molar-refractivity contribution in [3.05, 3.63) is 51.5 Å². The van der Waals surface area contributed by atoms with E-state index in [4.69, 9.17) is 21.1 Å². The van der Waals surface area contributed by atoms with E-state index in [1.165, 1.54) is 0 Å². The van der Waals surface area contributed by atoms with E-state index in [1.807, 2.05) is 36.4 Å². The van der Waals surface area contributed by atoms with Gasteiger partial charge in [-0.1, -0.05) is 11.6 Å². The number of hydrogen-bond donors (Lipinski definition) is 1. The Morgan fingerprint density at radius 2 is 1.90 bits per heavy atom. The molecule has 0 saturated heterocycles. The second-order valence-corrected chi connectivity index (χ2v) is 5.42. The highest BCUT2D eigenvalue weighted by molar-refractivity contribution is 9.10. The number of anilines is 1. The van der Waals surface area contributed by atoms with E-state index in [0.29, 0.717) is 11.6 Å². The van der Waals surface area contributed by atoms with E-state index in [0.717, 1.165) is 27.2 Å². The second-order valence-electron chi connectivity index (χ2n) is 4.16. The molecule has 0 aliphatic carbocycles. The van der Waals surface area contributed by atoms with Gasteiger partial charge in [-0.3, -0.25) is 0 Å². The third kappa shape index (κ3) is 3.58. The van der Waals surface area contributed by atoms with Crippen LogP contribution in [0.4, 0.5) is 5.69 Å². The Balaban J connectivity index is 2.12. The summed E-state index contributed by atoms with van der Waals surface area (Å²) in [6.07, 6.45) is 0. The van der Waals surface area contributed by atoms with Crippen LogP contribution in [0.1, 0.15) is 5.56 Å². The minimum Gasteiger partial charge on any atom is -0.497 e. The van der Waals surface area contributed by atoms with Crippen LogP contribution in [-0.4, -0.2) is 14.2 Å². The fourth-order valence-electron chi connectivity index (χ4n) is 1.80. The average Bonchev–Trinajstić information content (AvgIpc) is 2.48. The molecule has 106 valence electrons. The molecular weight excluding hydrogens is 342 g/mol. The monoisotopic (exact) mass is 355 g/mol. The van der Waals surface area contributed by atoms with Crippen LogP contribution in [0.2, 0.25) is 5.02 Å². The summed E-state index contributed by atoms with van der Waals surface area (Å²) < 4.78 is 11.4. The highest BCUT2D eigenvalue weighted by Crippen LogP contribution is 2.28. The lowest BCUT2D eigenvalue weighted by molar-refractivity contribution is 0.391. The van der Waals surface area contributed by atoms with Crippen molar-refractivity contribution in [1.82, 2.24) is 0 Å². The fraction of sp³-hybridized carbons (Fsp3) is 0.200. The molecule has 0 spiro atoms. The van der Waals surface area contributed by atoms with Crippen LogP contribution < -0.4 is 14.8 Å². The molecule has 20 heavy (non-hydrogen) atoms. The normalized spacial score (nSPS) is 10.2. The highest BCUT2D eigenvalue weighted by atomic mass is 79.9. The number of methoxy groups -OCH3 is 2. The van der Waals surface area contributed by atoms with Gasteiger partial charge in [0.05, 0.1) is 19.2 Å². The minimum absolute atomic E-state index is 0.644. The van der Waals surface area contributed by atoms with Gasteiger partial charge in [0.25, 0.3) is 0 Å². The number of nitrogens with one attached hydrogen (secondary N) is 1. The van der Waals surface area contributed by atoms with E-state index in [1.54, 1.807) is 14.2 Å². The SMILES string of the molecule is COc1ccc(CNc2ccc(Br)c(Cl)c2)c(OC)c1. The Bertz CT molecular complexity index is 604. The lowest BCUT2D eigenvalue weighted by atomic mass is 10.2. The molecule has 0 saturated carbocycles. The summed E-state index contributed by atoms with van der Waals surface area (Å²) in [5.41, 5.74) is 2.00. The lowest BCUT2D eigenvalue weighted by Gasteiger charge is -2.12. The summed E-state index contributed by atoms with van der Waals surface area (Å²) in [7, 11) is 3.28. The summed E-state index contributed by atoms with van der Waals surface area (Å²) in [5, 5.41) is 3.99. The molecule has 0 fully saturated rings. The van der Waals surface area contributed by atoms with Crippen LogP contribution in [0.15, 0.2) is 40.9 Å².